The van der Waals surface area contributed by atoms with Gasteiger partial charge in [0.05, 0.1) is 34.4 Å². The molecule has 0 aromatic carbocycles. The Hall–Kier alpha value is -2.75. The van der Waals surface area contributed by atoms with Gasteiger partial charge in [0.25, 0.3) is 6.29 Å². The number of hydrogen-bond acceptors (Lipinski definition) is 7. The van der Waals surface area contributed by atoms with Crippen LogP contribution in [0.15, 0.2) is 48.6 Å². The third-order valence-corrected chi connectivity index (χ3v) is 17.6. The second-order valence-electron chi connectivity index (χ2n) is 27.7. The van der Waals surface area contributed by atoms with E-state index in [1.54, 1.807) is 0 Å². The first-order chi connectivity index (χ1) is 43.6. The minimum atomic E-state index is -1.51. The lowest BCUT2D eigenvalue weighted by atomic mass is 10.0. The second-order valence-corrected chi connectivity index (χ2v) is 27.7. The molecule has 0 rings (SSSR count). The van der Waals surface area contributed by atoms with Crippen LogP contribution in [0.3, 0.4) is 0 Å². The van der Waals surface area contributed by atoms with Gasteiger partial charge in [0, 0.05) is 12.8 Å². The number of esters is 2. The summed E-state index contributed by atoms with van der Waals surface area (Å²) in [5, 5.41) is 9.77. The molecule has 9 nitrogen and oxygen atoms in total. The van der Waals surface area contributed by atoms with E-state index >= 15 is 0 Å². The number of carboxylic acid groups (broad SMARTS) is 1. The molecule has 9 heteroatoms. The highest BCUT2D eigenvalue weighted by Crippen LogP contribution is 2.19. The SMILES string of the molecule is CCCCCCC/C=C\C/C=C\C/C=C\CCCCCCCCCCCCCCCCCCC(=O)OC(COC(=O)CCCCCCCCCCCCCCCCCCCCCCC/C=C\CCCCCCCCCC)COC(OCC[N+](C)(C)C)C(=O)O. The number of rotatable bonds is 73. The van der Waals surface area contributed by atoms with Gasteiger partial charge in [-0.1, -0.05) is 345 Å². The van der Waals surface area contributed by atoms with Crippen LogP contribution in [0.4, 0.5) is 0 Å². The Morgan fingerprint density at radius 2 is 0.607 bits per heavy atom. The van der Waals surface area contributed by atoms with E-state index in [1.807, 2.05) is 21.1 Å². The molecule has 2 atom stereocenters. The average molecular weight is 1250 g/mol. The van der Waals surface area contributed by atoms with Gasteiger partial charge in [-0.25, -0.2) is 4.79 Å². The monoisotopic (exact) mass is 1250 g/mol. The van der Waals surface area contributed by atoms with Crippen molar-refractivity contribution in [1.29, 1.82) is 0 Å². The molecule has 0 heterocycles. The van der Waals surface area contributed by atoms with E-state index in [1.165, 1.54) is 308 Å². The summed E-state index contributed by atoms with van der Waals surface area (Å²) in [4.78, 5) is 37.7. The number of carbonyl (C=O) groups excluding carboxylic acids is 2. The van der Waals surface area contributed by atoms with Gasteiger partial charge < -0.3 is 28.5 Å². The van der Waals surface area contributed by atoms with Crippen molar-refractivity contribution in [2.45, 2.75) is 399 Å². The zero-order valence-electron chi connectivity index (χ0n) is 59.9. The van der Waals surface area contributed by atoms with Crippen molar-refractivity contribution >= 4 is 17.9 Å². The smallest absolute Gasteiger partial charge is 0.361 e. The number of carboxylic acids is 1. The molecule has 0 aliphatic rings. The molecule has 522 valence electrons. The van der Waals surface area contributed by atoms with Gasteiger partial charge in [-0.15, -0.1) is 0 Å². The highest BCUT2D eigenvalue weighted by atomic mass is 16.7. The molecule has 0 aliphatic carbocycles. The summed E-state index contributed by atoms with van der Waals surface area (Å²) in [7, 11) is 5.99. The van der Waals surface area contributed by atoms with Gasteiger partial charge in [0.2, 0.25) is 0 Å². The van der Waals surface area contributed by atoms with Gasteiger partial charge in [0.15, 0.2) is 6.10 Å². The Morgan fingerprint density at radius 1 is 0.337 bits per heavy atom. The zero-order valence-corrected chi connectivity index (χ0v) is 59.9. The Kier molecular flexibility index (Phi) is 68.9. The number of unbranched alkanes of at least 4 members (excludes halogenated alkanes) is 50. The van der Waals surface area contributed by atoms with Gasteiger partial charge in [-0.3, -0.25) is 9.59 Å². The highest BCUT2D eigenvalue weighted by Gasteiger charge is 2.25. The number of carbonyl (C=O) groups is 3. The molecule has 89 heavy (non-hydrogen) atoms. The Balaban J connectivity index is 4.01. The van der Waals surface area contributed by atoms with Crippen molar-refractivity contribution in [3.05, 3.63) is 48.6 Å². The molecule has 0 spiro atoms. The molecular weight excluding hydrogens is 1100 g/mol. The van der Waals surface area contributed by atoms with Gasteiger partial charge in [-0.05, 0) is 77.0 Å². The molecule has 0 fully saturated rings. The van der Waals surface area contributed by atoms with E-state index in [-0.39, 0.29) is 38.2 Å². The van der Waals surface area contributed by atoms with Crippen LogP contribution in [0, 0.1) is 0 Å². The summed E-state index contributed by atoms with van der Waals surface area (Å²) < 4.78 is 23.0. The first-order valence-electron chi connectivity index (χ1n) is 38.8. The fourth-order valence-electron chi connectivity index (χ4n) is 11.6. The fraction of sp³-hybridized carbons (Fsp3) is 0.863. The van der Waals surface area contributed by atoms with Crippen molar-refractivity contribution in [3.8, 4) is 0 Å². The standard InChI is InChI=1S/C80H149NO8/c1-6-8-10-12-14-16-18-20-22-24-26-28-30-32-34-36-38-39-41-42-44-46-48-50-52-54-56-58-60-62-64-66-68-70-77(82)87-74-76(75-88-80(79(84)85)86-73-72-81(3,4)5)89-78(83)71-69-67-65-63-61-59-57-55-53-51-49-47-45-43-40-37-35-33-31-29-27-25-23-21-19-17-15-13-11-9-7-2/h19,21,24-27,31,33,76,80H,6-18,20,22-23,28-30,32,34-75H2,1-5H3/p+1/b21-19-,26-24-,27-25-,33-31-. The lowest BCUT2D eigenvalue weighted by Crippen LogP contribution is -2.40. The Morgan fingerprint density at radius 3 is 0.910 bits per heavy atom. The van der Waals surface area contributed by atoms with Crippen molar-refractivity contribution in [2.75, 3.05) is 47.5 Å². The van der Waals surface area contributed by atoms with E-state index in [0.717, 1.165) is 51.4 Å². The molecule has 1 N–H and O–H groups in total. The fourth-order valence-corrected chi connectivity index (χ4v) is 11.6. The van der Waals surface area contributed by atoms with E-state index < -0.39 is 18.4 Å². The van der Waals surface area contributed by atoms with E-state index in [9.17, 15) is 19.5 Å². The predicted octanol–water partition coefficient (Wildman–Crippen LogP) is 24.5. The third kappa shape index (κ3) is 72.5. The normalized spacial score (nSPS) is 12.9. The second kappa shape index (κ2) is 71.1. The van der Waals surface area contributed by atoms with E-state index in [4.69, 9.17) is 18.9 Å². The number of nitrogens with zero attached hydrogens (tertiary/aromatic N) is 1. The molecule has 0 bridgehead atoms. The number of aliphatic carboxylic acids is 1. The Labute approximate surface area is 553 Å². The number of allylic oxidation sites excluding steroid dienone is 8. The first kappa shape index (κ1) is 86.2. The minimum absolute atomic E-state index is 0.177. The highest BCUT2D eigenvalue weighted by molar-refractivity contribution is 5.71. The maximum absolute atomic E-state index is 13.0. The molecule has 0 aromatic rings. The van der Waals surface area contributed by atoms with Crippen LogP contribution >= 0.6 is 0 Å². The summed E-state index contributed by atoms with van der Waals surface area (Å²) in [5.41, 5.74) is 0. The van der Waals surface area contributed by atoms with E-state index in [0.29, 0.717) is 17.4 Å². The summed E-state index contributed by atoms with van der Waals surface area (Å²) in [6.45, 7) is 4.93. The molecule has 0 radical (unpaired) electrons. The summed E-state index contributed by atoms with van der Waals surface area (Å²) in [6.07, 6.45) is 89.7. The zero-order chi connectivity index (χ0) is 64.7. The van der Waals surface area contributed by atoms with Gasteiger partial charge in [-0.2, -0.15) is 0 Å². The molecule has 0 saturated carbocycles. The molecule has 0 aliphatic heterocycles. The lowest BCUT2D eigenvalue weighted by Gasteiger charge is -2.25. The number of hydrogen-bond donors (Lipinski definition) is 1. The van der Waals surface area contributed by atoms with E-state index in [2.05, 4.69) is 62.5 Å². The van der Waals surface area contributed by atoms with Crippen LogP contribution in [0.25, 0.3) is 0 Å². The molecule has 0 saturated heterocycles. The molecule has 0 amide bonds. The number of quaternary nitrogens is 1. The summed E-state index contributed by atoms with van der Waals surface area (Å²) in [5.74, 6) is -1.98. The quantitative estimate of drug-likeness (QED) is 0.0211. The summed E-state index contributed by atoms with van der Waals surface area (Å²) >= 11 is 0. The van der Waals surface area contributed by atoms with Crippen LogP contribution in [0.5, 0.6) is 0 Å². The van der Waals surface area contributed by atoms with Crippen LogP contribution in [0.2, 0.25) is 0 Å². The maximum atomic E-state index is 13.0. The van der Waals surface area contributed by atoms with Crippen LogP contribution < -0.4 is 0 Å². The topological polar surface area (TPSA) is 108 Å². The van der Waals surface area contributed by atoms with Crippen molar-refractivity contribution in [2.24, 2.45) is 0 Å². The maximum Gasteiger partial charge on any atom is 0.361 e. The van der Waals surface area contributed by atoms with Crippen LogP contribution in [0.1, 0.15) is 386 Å². The molecule has 0 aromatic heterocycles. The van der Waals surface area contributed by atoms with Crippen LogP contribution in [-0.2, 0) is 33.3 Å². The molecule has 2 unspecified atom stereocenters. The minimum Gasteiger partial charge on any atom is -0.477 e. The Bertz CT molecular complexity index is 1600. The van der Waals surface area contributed by atoms with Gasteiger partial charge in [0.1, 0.15) is 13.2 Å². The number of likely N-dealkylation sites (N-methyl/N-ethyl adjacent to an activating group) is 1. The third-order valence-electron chi connectivity index (χ3n) is 17.6. The van der Waals surface area contributed by atoms with Crippen molar-refractivity contribution < 1.29 is 42.9 Å². The van der Waals surface area contributed by atoms with Crippen molar-refractivity contribution in [1.82, 2.24) is 0 Å². The van der Waals surface area contributed by atoms with Gasteiger partial charge >= 0.3 is 17.9 Å². The van der Waals surface area contributed by atoms with Crippen LogP contribution in [-0.4, -0.2) is 87.4 Å². The summed E-state index contributed by atoms with van der Waals surface area (Å²) in [6, 6.07) is 0. The lowest BCUT2D eigenvalue weighted by molar-refractivity contribution is -0.870. The average Bonchev–Trinajstić information content (AvgIpc) is 3.64. The number of ether oxygens (including phenoxy) is 4. The molecular formula is C80H150NO8+. The largest absolute Gasteiger partial charge is 0.477 e. The first-order valence-corrected chi connectivity index (χ1v) is 38.8. The predicted molar refractivity (Wildman–Crippen MR) is 383 cm³/mol. The van der Waals surface area contributed by atoms with Crippen molar-refractivity contribution in [3.63, 3.8) is 0 Å².